The molecular weight excluding hydrogens is 321 g/mol. The normalized spacial score (nSPS) is 10.8. The van der Waals surface area contributed by atoms with Crippen molar-refractivity contribution < 1.29 is 9.31 Å². The SMILES string of the molecule is Cn1c(=O)cc(Nc2ccc([N+](=O)[O-])cc2F)c2c(=O)[nH]cnc21. The van der Waals surface area contributed by atoms with Crippen LogP contribution in [0.4, 0.5) is 21.5 Å². The van der Waals surface area contributed by atoms with Gasteiger partial charge in [0.1, 0.15) is 5.39 Å². The number of benzene rings is 1. The number of rotatable bonds is 3. The minimum absolute atomic E-state index is 0.0511. The predicted octanol–water partition coefficient (Wildman–Crippen LogP) is 1.41. The monoisotopic (exact) mass is 331 g/mol. The summed E-state index contributed by atoms with van der Waals surface area (Å²) in [4.78, 5) is 40.3. The van der Waals surface area contributed by atoms with Crippen LogP contribution < -0.4 is 16.4 Å². The molecule has 0 bridgehead atoms. The Labute approximate surface area is 132 Å². The third-order valence-electron chi connectivity index (χ3n) is 3.45. The number of fused-ring (bicyclic) bond motifs is 1. The number of anilines is 2. The summed E-state index contributed by atoms with van der Waals surface area (Å²) in [6.45, 7) is 0. The lowest BCUT2D eigenvalue weighted by Gasteiger charge is -2.11. The van der Waals surface area contributed by atoms with Gasteiger partial charge in [0.15, 0.2) is 11.5 Å². The van der Waals surface area contributed by atoms with Crippen LogP contribution in [0.3, 0.4) is 0 Å². The average Bonchev–Trinajstić information content (AvgIpc) is 2.53. The highest BCUT2D eigenvalue weighted by molar-refractivity contribution is 5.90. The first-order chi connectivity index (χ1) is 11.4. The van der Waals surface area contributed by atoms with Crippen LogP contribution in [0.1, 0.15) is 0 Å². The fourth-order valence-electron chi connectivity index (χ4n) is 2.25. The van der Waals surface area contributed by atoms with E-state index in [1.54, 1.807) is 0 Å². The number of pyridine rings is 1. The zero-order valence-electron chi connectivity index (χ0n) is 12.2. The number of hydrogen-bond acceptors (Lipinski definition) is 6. The Bertz CT molecular complexity index is 1090. The third kappa shape index (κ3) is 2.49. The predicted molar refractivity (Wildman–Crippen MR) is 83.9 cm³/mol. The summed E-state index contributed by atoms with van der Waals surface area (Å²) in [6, 6.07) is 4.13. The van der Waals surface area contributed by atoms with Crippen LogP contribution in [0, 0.1) is 15.9 Å². The van der Waals surface area contributed by atoms with Gasteiger partial charge in [0.2, 0.25) is 0 Å². The van der Waals surface area contributed by atoms with E-state index in [2.05, 4.69) is 15.3 Å². The van der Waals surface area contributed by atoms with Gasteiger partial charge in [0, 0.05) is 19.2 Å². The third-order valence-corrected chi connectivity index (χ3v) is 3.45. The number of non-ortho nitro benzene ring substituents is 1. The first-order valence-electron chi connectivity index (χ1n) is 6.67. The molecule has 24 heavy (non-hydrogen) atoms. The van der Waals surface area contributed by atoms with E-state index in [1.807, 2.05) is 0 Å². The van der Waals surface area contributed by atoms with Crippen LogP contribution >= 0.6 is 0 Å². The second-order valence-electron chi connectivity index (χ2n) is 4.93. The molecule has 0 aliphatic carbocycles. The molecule has 0 atom stereocenters. The Hall–Kier alpha value is -3.56. The van der Waals surface area contributed by atoms with Gasteiger partial charge in [0.05, 0.1) is 28.7 Å². The van der Waals surface area contributed by atoms with E-state index in [0.717, 1.165) is 30.6 Å². The molecule has 0 unspecified atom stereocenters. The van der Waals surface area contributed by atoms with E-state index < -0.39 is 27.5 Å². The highest BCUT2D eigenvalue weighted by Gasteiger charge is 2.15. The lowest BCUT2D eigenvalue weighted by atomic mass is 10.2. The van der Waals surface area contributed by atoms with Crippen LogP contribution in [0.2, 0.25) is 0 Å². The largest absolute Gasteiger partial charge is 0.352 e. The summed E-state index contributed by atoms with van der Waals surface area (Å²) >= 11 is 0. The summed E-state index contributed by atoms with van der Waals surface area (Å²) in [7, 11) is 1.45. The lowest BCUT2D eigenvalue weighted by molar-refractivity contribution is -0.385. The number of nitro groups is 1. The molecule has 2 aromatic heterocycles. The van der Waals surface area contributed by atoms with Crippen molar-refractivity contribution in [2.45, 2.75) is 0 Å². The molecule has 122 valence electrons. The van der Waals surface area contributed by atoms with Crippen molar-refractivity contribution in [1.29, 1.82) is 0 Å². The Balaban J connectivity index is 2.18. The lowest BCUT2D eigenvalue weighted by Crippen LogP contribution is -2.21. The van der Waals surface area contributed by atoms with Crippen molar-refractivity contribution in [3.8, 4) is 0 Å². The van der Waals surface area contributed by atoms with Gasteiger partial charge in [-0.05, 0) is 6.07 Å². The van der Waals surface area contributed by atoms with Crippen molar-refractivity contribution in [1.82, 2.24) is 14.5 Å². The first-order valence-corrected chi connectivity index (χ1v) is 6.67. The zero-order chi connectivity index (χ0) is 17.4. The smallest absolute Gasteiger partial charge is 0.272 e. The molecule has 1 aromatic carbocycles. The first kappa shape index (κ1) is 15.3. The Morgan fingerprint density at radius 3 is 2.71 bits per heavy atom. The van der Waals surface area contributed by atoms with Crippen molar-refractivity contribution in [2.24, 2.45) is 7.05 Å². The Kier molecular flexibility index (Phi) is 3.56. The average molecular weight is 331 g/mol. The molecule has 0 aliphatic rings. The van der Waals surface area contributed by atoms with E-state index in [4.69, 9.17) is 0 Å². The van der Waals surface area contributed by atoms with Crippen molar-refractivity contribution in [3.05, 3.63) is 67.2 Å². The fourth-order valence-corrected chi connectivity index (χ4v) is 2.25. The second-order valence-corrected chi connectivity index (χ2v) is 4.93. The van der Waals surface area contributed by atoms with E-state index >= 15 is 0 Å². The molecule has 0 saturated carbocycles. The van der Waals surface area contributed by atoms with Gasteiger partial charge in [-0.2, -0.15) is 0 Å². The van der Waals surface area contributed by atoms with Gasteiger partial charge in [0.25, 0.3) is 16.8 Å². The second kappa shape index (κ2) is 5.57. The maximum absolute atomic E-state index is 14.0. The van der Waals surface area contributed by atoms with Crippen LogP contribution in [-0.2, 0) is 7.05 Å². The van der Waals surface area contributed by atoms with Gasteiger partial charge in [-0.25, -0.2) is 9.37 Å². The van der Waals surface area contributed by atoms with E-state index in [0.29, 0.717) is 0 Å². The Morgan fingerprint density at radius 1 is 1.29 bits per heavy atom. The minimum Gasteiger partial charge on any atom is -0.352 e. The molecule has 10 heteroatoms. The van der Waals surface area contributed by atoms with Crippen LogP contribution in [-0.4, -0.2) is 19.5 Å². The molecule has 0 spiro atoms. The summed E-state index contributed by atoms with van der Waals surface area (Å²) < 4.78 is 15.2. The maximum Gasteiger partial charge on any atom is 0.272 e. The van der Waals surface area contributed by atoms with E-state index in [9.17, 15) is 24.1 Å². The van der Waals surface area contributed by atoms with Crippen LogP contribution in [0.5, 0.6) is 0 Å². The number of nitrogens with one attached hydrogen (secondary N) is 2. The summed E-state index contributed by atoms with van der Waals surface area (Å²) in [5.41, 5.74) is -1.32. The molecular formula is C14H10FN5O4. The summed E-state index contributed by atoms with van der Waals surface area (Å²) in [6.07, 6.45) is 1.15. The number of nitrogens with zero attached hydrogens (tertiary/aromatic N) is 3. The highest BCUT2D eigenvalue weighted by atomic mass is 19.1. The number of aromatic amines is 1. The topological polar surface area (TPSA) is 123 Å². The summed E-state index contributed by atoms with van der Waals surface area (Å²) in [5.74, 6) is -0.890. The van der Waals surface area contributed by atoms with Gasteiger partial charge < -0.3 is 10.3 Å². The standard InChI is InChI=1S/C14H10FN5O4/c1-19-11(21)5-10(12-13(19)16-6-17-14(12)22)18-9-3-2-7(20(23)24)4-8(9)15/h2-6,18H,1H3,(H,16,17,22). The van der Waals surface area contributed by atoms with E-state index in [-0.39, 0.29) is 22.4 Å². The number of aromatic nitrogens is 3. The highest BCUT2D eigenvalue weighted by Crippen LogP contribution is 2.25. The molecule has 0 amide bonds. The van der Waals surface area contributed by atoms with E-state index in [1.165, 1.54) is 11.6 Å². The fraction of sp³-hybridized carbons (Fsp3) is 0.0714. The van der Waals surface area contributed by atoms with Gasteiger partial charge >= 0.3 is 0 Å². The van der Waals surface area contributed by atoms with Gasteiger partial charge in [-0.15, -0.1) is 0 Å². The molecule has 3 rings (SSSR count). The number of halogens is 1. The van der Waals surface area contributed by atoms with Crippen molar-refractivity contribution in [3.63, 3.8) is 0 Å². The molecule has 0 fully saturated rings. The number of H-pyrrole nitrogens is 1. The molecule has 0 aliphatic heterocycles. The molecule has 2 N–H and O–H groups in total. The summed E-state index contributed by atoms with van der Waals surface area (Å²) in [5, 5.41) is 13.3. The maximum atomic E-state index is 14.0. The molecule has 0 radical (unpaired) electrons. The Morgan fingerprint density at radius 2 is 2.04 bits per heavy atom. The number of aryl methyl sites for hydroxylation is 1. The minimum atomic E-state index is -0.890. The number of nitro benzene ring substituents is 1. The van der Waals surface area contributed by atoms with Crippen LogP contribution in [0.25, 0.3) is 11.0 Å². The van der Waals surface area contributed by atoms with Crippen molar-refractivity contribution >= 4 is 28.1 Å². The van der Waals surface area contributed by atoms with Crippen molar-refractivity contribution in [2.75, 3.05) is 5.32 Å². The molecule has 9 nitrogen and oxygen atoms in total. The zero-order valence-corrected chi connectivity index (χ0v) is 12.2. The number of hydrogen-bond donors (Lipinski definition) is 2. The van der Waals surface area contributed by atoms with Gasteiger partial charge in [-0.3, -0.25) is 24.3 Å². The molecule has 2 heterocycles. The quantitative estimate of drug-likeness (QED) is 0.552. The molecule has 0 saturated heterocycles. The van der Waals surface area contributed by atoms with Gasteiger partial charge in [-0.1, -0.05) is 0 Å². The molecule has 3 aromatic rings. The van der Waals surface area contributed by atoms with Crippen LogP contribution in [0.15, 0.2) is 40.2 Å².